The standard InChI is InChI=1S/C23H29N3O5/c1-6-31-13-14-9-19(28-3)21(20(10-14)29-4)16-8-7-15(11-18(24)23(27)30-5)17-12-25-26(2)22(16)17/h7-10,12,18H,6,11,13,24H2,1-5H3. The highest BCUT2D eigenvalue weighted by Crippen LogP contribution is 2.43. The minimum Gasteiger partial charge on any atom is -0.496 e. The summed E-state index contributed by atoms with van der Waals surface area (Å²) >= 11 is 0. The third-order valence-electron chi connectivity index (χ3n) is 5.24. The van der Waals surface area contributed by atoms with Crippen molar-refractivity contribution in [1.29, 1.82) is 0 Å². The molecule has 0 radical (unpaired) electrons. The molecule has 2 aromatic carbocycles. The van der Waals surface area contributed by atoms with Crippen molar-refractivity contribution < 1.29 is 23.7 Å². The number of esters is 1. The summed E-state index contributed by atoms with van der Waals surface area (Å²) in [6.07, 6.45) is 2.12. The molecule has 1 atom stereocenters. The minimum absolute atomic E-state index is 0.344. The zero-order valence-corrected chi connectivity index (χ0v) is 18.6. The van der Waals surface area contributed by atoms with Gasteiger partial charge in [0, 0.05) is 24.6 Å². The molecular weight excluding hydrogens is 398 g/mol. The van der Waals surface area contributed by atoms with Crippen molar-refractivity contribution in [1.82, 2.24) is 9.78 Å². The van der Waals surface area contributed by atoms with Crippen LogP contribution in [0.2, 0.25) is 0 Å². The zero-order valence-electron chi connectivity index (χ0n) is 18.6. The van der Waals surface area contributed by atoms with Gasteiger partial charge in [-0.3, -0.25) is 9.48 Å². The van der Waals surface area contributed by atoms with Gasteiger partial charge in [-0.2, -0.15) is 5.10 Å². The van der Waals surface area contributed by atoms with E-state index in [4.69, 9.17) is 24.7 Å². The molecule has 0 spiro atoms. The van der Waals surface area contributed by atoms with Crippen molar-refractivity contribution >= 4 is 16.9 Å². The number of benzene rings is 2. The van der Waals surface area contributed by atoms with E-state index in [0.29, 0.717) is 31.1 Å². The van der Waals surface area contributed by atoms with Gasteiger partial charge in [-0.25, -0.2) is 0 Å². The summed E-state index contributed by atoms with van der Waals surface area (Å²) < 4.78 is 23.6. The fourth-order valence-electron chi connectivity index (χ4n) is 3.73. The molecule has 0 amide bonds. The number of ether oxygens (including phenoxy) is 4. The number of rotatable bonds is 9. The number of methoxy groups -OCH3 is 3. The van der Waals surface area contributed by atoms with Gasteiger partial charge in [-0.1, -0.05) is 12.1 Å². The molecule has 0 bridgehead atoms. The number of carbonyl (C=O) groups is 1. The Morgan fingerprint density at radius 1 is 1.16 bits per heavy atom. The lowest BCUT2D eigenvalue weighted by Gasteiger charge is -2.18. The minimum atomic E-state index is -0.749. The molecule has 0 fully saturated rings. The van der Waals surface area contributed by atoms with E-state index in [0.717, 1.165) is 33.2 Å². The van der Waals surface area contributed by atoms with Crippen LogP contribution in [0.5, 0.6) is 11.5 Å². The van der Waals surface area contributed by atoms with Crippen LogP contribution in [0.3, 0.4) is 0 Å². The summed E-state index contributed by atoms with van der Waals surface area (Å²) in [6, 6.07) is 7.09. The van der Waals surface area contributed by atoms with Crippen LogP contribution in [0.25, 0.3) is 22.0 Å². The molecule has 3 aromatic rings. The van der Waals surface area contributed by atoms with E-state index in [2.05, 4.69) is 5.10 Å². The number of hydrogen-bond donors (Lipinski definition) is 1. The fraction of sp³-hybridized carbons (Fsp3) is 0.391. The summed E-state index contributed by atoms with van der Waals surface area (Å²) in [7, 11) is 6.47. The molecule has 0 aliphatic rings. The molecule has 31 heavy (non-hydrogen) atoms. The van der Waals surface area contributed by atoms with Crippen LogP contribution in [0.1, 0.15) is 18.1 Å². The average molecular weight is 428 g/mol. The van der Waals surface area contributed by atoms with E-state index in [1.807, 2.05) is 38.2 Å². The first kappa shape index (κ1) is 22.6. The van der Waals surface area contributed by atoms with Crippen LogP contribution in [0, 0.1) is 0 Å². The zero-order chi connectivity index (χ0) is 22.5. The molecule has 8 nitrogen and oxygen atoms in total. The summed E-state index contributed by atoms with van der Waals surface area (Å²) in [5, 5.41) is 5.35. The lowest BCUT2D eigenvalue weighted by molar-refractivity contribution is -0.142. The molecule has 0 saturated carbocycles. The van der Waals surface area contributed by atoms with Crippen LogP contribution >= 0.6 is 0 Å². The molecule has 0 aliphatic carbocycles. The Balaban J connectivity index is 2.16. The number of carbonyl (C=O) groups excluding carboxylic acids is 1. The van der Waals surface area contributed by atoms with Crippen LogP contribution < -0.4 is 15.2 Å². The highest BCUT2D eigenvalue weighted by molar-refractivity contribution is 5.99. The van der Waals surface area contributed by atoms with Gasteiger partial charge in [-0.15, -0.1) is 0 Å². The summed E-state index contributed by atoms with van der Waals surface area (Å²) in [4.78, 5) is 11.8. The largest absolute Gasteiger partial charge is 0.496 e. The summed E-state index contributed by atoms with van der Waals surface area (Å²) in [5.74, 6) is 0.903. The molecule has 0 aliphatic heterocycles. The number of aryl methyl sites for hydroxylation is 1. The second-order valence-corrected chi connectivity index (χ2v) is 7.15. The first-order chi connectivity index (χ1) is 14.9. The highest BCUT2D eigenvalue weighted by Gasteiger charge is 2.22. The molecule has 1 heterocycles. The van der Waals surface area contributed by atoms with Crippen LogP contribution in [-0.2, 0) is 34.3 Å². The van der Waals surface area contributed by atoms with Crippen LogP contribution in [0.15, 0.2) is 30.5 Å². The Bertz CT molecular complexity index is 1050. The number of aromatic nitrogens is 2. The van der Waals surface area contributed by atoms with Gasteiger partial charge in [0.15, 0.2) is 0 Å². The number of hydrogen-bond acceptors (Lipinski definition) is 7. The predicted molar refractivity (Wildman–Crippen MR) is 118 cm³/mol. The number of fused-ring (bicyclic) bond motifs is 1. The molecule has 8 heteroatoms. The Labute approximate surface area is 181 Å². The molecule has 166 valence electrons. The van der Waals surface area contributed by atoms with E-state index in [9.17, 15) is 4.79 Å². The van der Waals surface area contributed by atoms with E-state index < -0.39 is 12.0 Å². The van der Waals surface area contributed by atoms with E-state index in [-0.39, 0.29) is 0 Å². The quantitative estimate of drug-likeness (QED) is 0.524. The van der Waals surface area contributed by atoms with Gasteiger partial charge in [0.2, 0.25) is 0 Å². The second-order valence-electron chi connectivity index (χ2n) is 7.15. The number of nitrogens with zero attached hydrogens (tertiary/aromatic N) is 2. The first-order valence-corrected chi connectivity index (χ1v) is 10.0. The molecule has 2 N–H and O–H groups in total. The average Bonchev–Trinajstić information content (AvgIpc) is 3.18. The molecular formula is C23H29N3O5. The summed E-state index contributed by atoms with van der Waals surface area (Å²) in [5.41, 5.74) is 10.5. The van der Waals surface area contributed by atoms with Crippen molar-refractivity contribution in [2.75, 3.05) is 27.9 Å². The van der Waals surface area contributed by atoms with E-state index in [1.165, 1.54) is 7.11 Å². The van der Waals surface area contributed by atoms with Crippen molar-refractivity contribution in [3.05, 3.63) is 41.6 Å². The fourth-order valence-corrected chi connectivity index (χ4v) is 3.73. The molecule has 1 unspecified atom stereocenters. The normalized spacial score (nSPS) is 12.1. The Morgan fingerprint density at radius 3 is 2.42 bits per heavy atom. The topological polar surface area (TPSA) is 97.8 Å². The Kier molecular flexibility index (Phi) is 7.14. The van der Waals surface area contributed by atoms with Gasteiger partial charge >= 0.3 is 5.97 Å². The van der Waals surface area contributed by atoms with Crippen molar-refractivity contribution in [2.45, 2.75) is 26.0 Å². The summed E-state index contributed by atoms with van der Waals surface area (Å²) in [6.45, 7) is 3.04. The smallest absolute Gasteiger partial charge is 0.322 e. The molecule has 3 rings (SSSR count). The Morgan fingerprint density at radius 2 is 1.84 bits per heavy atom. The Hall–Kier alpha value is -3.10. The van der Waals surface area contributed by atoms with Crippen LogP contribution in [0.4, 0.5) is 0 Å². The van der Waals surface area contributed by atoms with Crippen molar-refractivity contribution in [2.24, 2.45) is 12.8 Å². The molecule has 1 aromatic heterocycles. The molecule has 0 saturated heterocycles. The van der Waals surface area contributed by atoms with E-state index >= 15 is 0 Å². The van der Waals surface area contributed by atoms with Crippen molar-refractivity contribution in [3.8, 4) is 22.6 Å². The van der Waals surface area contributed by atoms with Crippen LogP contribution in [-0.4, -0.2) is 49.7 Å². The highest BCUT2D eigenvalue weighted by atomic mass is 16.5. The SMILES string of the molecule is CCOCc1cc(OC)c(-c2ccc(CC(N)C(=O)OC)c3cnn(C)c23)c(OC)c1. The van der Waals surface area contributed by atoms with Crippen molar-refractivity contribution in [3.63, 3.8) is 0 Å². The first-order valence-electron chi connectivity index (χ1n) is 10.0. The van der Waals surface area contributed by atoms with Gasteiger partial charge in [0.1, 0.15) is 17.5 Å². The lowest BCUT2D eigenvalue weighted by atomic mass is 9.94. The van der Waals surface area contributed by atoms with Gasteiger partial charge < -0.3 is 24.7 Å². The van der Waals surface area contributed by atoms with Gasteiger partial charge in [0.25, 0.3) is 0 Å². The lowest BCUT2D eigenvalue weighted by Crippen LogP contribution is -2.33. The maximum atomic E-state index is 11.8. The van der Waals surface area contributed by atoms with Gasteiger partial charge in [0.05, 0.1) is 45.2 Å². The maximum absolute atomic E-state index is 11.8. The van der Waals surface area contributed by atoms with Gasteiger partial charge in [-0.05, 0) is 36.6 Å². The number of nitrogens with two attached hydrogens (primary N) is 1. The second kappa shape index (κ2) is 9.80. The third kappa shape index (κ3) is 4.50. The third-order valence-corrected chi connectivity index (χ3v) is 5.24. The monoisotopic (exact) mass is 427 g/mol. The maximum Gasteiger partial charge on any atom is 0.322 e. The predicted octanol–water partition coefficient (Wildman–Crippen LogP) is 2.84. The van der Waals surface area contributed by atoms with E-state index in [1.54, 1.807) is 25.1 Å².